The number of amides is 1. The van der Waals surface area contributed by atoms with Crippen LogP contribution in [0.1, 0.15) is 17.7 Å². The Kier molecular flexibility index (Phi) is 4.19. The molecule has 20 heavy (non-hydrogen) atoms. The first-order valence-corrected chi connectivity index (χ1v) is 7.84. The largest absolute Gasteiger partial charge is 0.377 e. The number of hydrogen-bond donors (Lipinski definition) is 0. The summed E-state index contributed by atoms with van der Waals surface area (Å²) in [6, 6.07) is 4.13. The van der Waals surface area contributed by atoms with Gasteiger partial charge in [0.1, 0.15) is 6.10 Å². The van der Waals surface area contributed by atoms with E-state index in [0.717, 1.165) is 17.7 Å². The minimum absolute atomic E-state index is 0.0107. The Morgan fingerprint density at radius 1 is 1.55 bits per heavy atom. The Morgan fingerprint density at radius 3 is 3.20 bits per heavy atom. The molecule has 0 aromatic carbocycles. The highest BCUT2D eigenvalue weighted by Gasteiger charge is 2.43. The number of ether oxygens (including phenoxy) is 2. The molecule has 1 aliphatic carbocycles. The van der Waals surface area contributed by atoms with Gasteiger partial charge in [-0.05, 0) is 30.4 Å². The van der Waals surface area contributed by atoms with Crippen molar-refractivity contribution in [1.82, 2.24) is 4.90 Å². The lowest BCUT2D eigenvalue weighted by molar-refractivity contribution is -0.130. The lowest BCUT2D eigenvalue weighted by Gasteiger charge is -2.29. The molecule has 2 fully saturated rings. The second-order valence-electron chi connectivity index (χ2n) is 5.13. The molecule has 2 bridgehead atoms. The first kappa shape index (κ1) is 13.8. The summed E-state index contributed by atoms with van der Waals surface area (Å²) in [5.74, 6) is 0.0524. The quantitative estimate of drug-likeness (QED) is 0.802. The Balaban J connectivity index is 1.73. The first-order valence-electron chi connectivity index (χ1n) is 6.96. The lowest BCUT2D eigenvalue weighted by Crippen LogP contribution is -2.45. The van der Waals surface area contributed by atoms with E-state index in [9.17, 15) is 4.79 Å². The summed E-state index contributed by atoms with van der Waals surface area (Å²) in [5.41, 5.74) is 0. The molecule has 4 nitrogen and oxygen atoms in total. The van der Waals surface area contributed by atoms with Crippen LogP contribution in [0.5, 0.6) is 0 Å². The van der Waals surface area contributed by atoms with Crippen LogP contribution < -0.4 is 0 Å². The van der Waals surface area contributed by atoms with Crippen LogP contribution in [-0.2, 0) is 14.3 Å². The third-order valence-electron chi connectivity index (χ3n) is 4.05. The van der Waals surface area contributed by atoms with Crippen LogP contribution in [0.4, 0.5) is 0 Å². The molecular weight excluding hydrogens is 274 g/mol. The van der Waals surface area contributed by atoms with E-state index in [1.54, 1.807) is 24.5 Å². The summed E-state index contributed by atoms with van der Waals surface area (Å²) in [7, 11) is 1.70. The maximum atomic E-state index is 12.4. The van der Waals surface area contributed by atoms with Gasteiger partial charge in [-0.15, -0.1) is 11.3 Å². The van der Waals surface area contributed by atoms with Crippen molar-refractivity contribution >= 4 is 23.3 Å². The number of hydrogen-bond acceptors (Lipinski definition) is 4. The van der Waals surface area contributed by atoms with E-state index in [1.165, 1.54) is 0 Å². The topological polar surface area (TPSA) is 38.8 Å². The number of thiophene rings is 1. The van der Waals surface area contributed by atoms with Crippen molar-refractivity contribution in [3.8, 4) is 0 Å². The van der Waals surface area contributed by atoms with Gasteiger partial charge in [-0.1, -0.05) is 6.07 Å². The average Bonchev–Trinajstić information content (AvgIpc) is 3.03. The van der Waals surface area contributed by atoms with Crippen molar-refractivity contribution in [3.05, 3.63) is 28.5 Å². The summed E-state index contributed by atoms with van der Waals surface area (Å²) in [6.07, 6.45) is 5.63. The average molecular weight is 293 g/mol. The molecule has 1 aliphatic heterocycles. The van der Waals surface area contributed by atoms with Crippen LogP contribution in [0.25, 0.3) is 6.08 Å². The van der Waals surface area contributed by atoms with Crippen LogP contribution in [-0.4, -0.2) is 49.3 Å². The van der Waals surface area contributed by atoms with E-state index in [0.29, 0.717) is 13.2 Å². The molecular formula is C15H19NO3S. The van der Waals surface area contributed by atoms with Gasteiger partial charge in [-0.25, -0.2) is 0 Å². The predicted molar refractivity (Wildman–Crippen MR) is 78.6 cm³/mol. The third kappa shape index (κ3) is 2.66. The maximum absolute atomic E-state index is 12.4. The van der Waals surface area contributed by atoms with Crippen LogP contribution in [0.2, 0.25) is 0 Å². The van der Waals surface area contributed by atoms with Gasteiger partial charge in [0.2, 0.25) is 5.91 Å². The fourth-order valence-corrected chi connectivity index (χ4v) is 3.73. The molecule has 0 N–H and O–H groups in total. The summed E-state index contributed by atoms with van der Waals surface area (Å²) in [6.45, 7) is 1.24. The summed E-state index contributed by atoms with van der Waals surface area (Å²) >= 11 is 1.63. The van der Waals surface area contributed by atoms with Crippen LogP contribution in [0.3, 0.4) is 0 Å². The molecule has 1 saturated carbocycles. The number of rotatable bonds is 3. The van der Waals surface area contributed by atoms with E-state index in [-0.39, 0.29) is 24.2 Å². The van der Waals surface area contributed by atoms with Gasteiger partial charge >= 0.3 is 0 Å². The fourth-order valence-electron chi connectivity index (χ4n) is 3.11. The Bertz CT molecular complexity index is 485. The molecule has 1 aromatic rings. The highest BCUT2D eigenvalue weighted by molar-refractivity contribution is 7.10. The van der Waals surface area contributed by atoms with Crippen molar-refractivity contribution in [3.63, 3.8) is 0 Å². The fraction of sp³-hybridized carbons (Fsp3) is 0.533. The molecule has 5 heteroatoms. The van der Waals surface area contributed by atoms with Crippen LogP contribution in [0.15, 0.2) is 23.6 Å². The molecule has 1 saturated heterocycles. The zero-order chi connectivity index (χ0) is 13.9. The lowest BCUT2D eigenvalue weighted by atomic mass is 10.1. The van der Waals surface area contributed by atoms with Crippen LogP contribution >= 0.6 is 11.3 Å². The van der Waals surface area contributed by atoms with E-state index in [2.05, 4.69) is 0 Å². The Labute approximate surface area is 123 Å². The van der Waals surface area contributed by atoms with Gasteiger partial charge in [-0.2, -0.15) is 0 Å². The molecule has 108 valence electrons. The standard InChI is InChI=1S/C15H19NO3S/c1-18-15-12-5-6-13(15)19-9-8-16(12)14(17)7-4-11-3-2-10-20-11/h2-4,7,10,12-13,15H,5-6,8-9H2,1H3/b7-4+/t12-,13-,15+/m1/s1. The van der Waals surface area contributed by atoms with Crippen molar-refractivity contribution in [2.75, 3.05) is 20.3 Å². The third-order valence-corrected chi connectivity index (χ3v) is 4.88. The van der Waals surface area contributed by atoms with Gasteiger partial charge in [-0.3, -0.25) is 4.79 Å². The maximum Gasteiger partial charge on any atom is 0.247 e. The normalized spacial score (nSPS) is 29.9. The minimum Gasteiger partial charge on any atom is -0.377 e. The summed E-state index contributed by atoms with van der Waals surface area (Å²) in [4.78, 5) is 15.4. The highest BCUT2D eigenvalue weighted by Crippen LogP contribution is 2.31. The van der Waals surface area contributed by atoms with E-state index < -0.39 is 0 Å². The number of fused-ring (bicyclic) bond motifs is 2. The predicted octanol–water partition coefficient (Wildman–Crippen LogP) is 2.17. The molecule has 2 aliphatic rings. The summed E-state index contributed by atoms with van der Waals surface area (Å²) in [5, 5.41) is 2.01. The number of methoxy groups -OCH3 is 1. The number of nitrogens with zero attached hydrogens (tertiary/aromatic N) is 1. The van der Waals surface area contributed by atoms with E-state index in [4.69, 9.17) is 9.47 Å². The van der Waals surface area contributed by atoms with Gasteiger partial charge in [0.15, 0.2) is 0 Å². The zero-order valence-corrected chi connectivity index (χ0v) is 12.3. The molecule has 3 rings (SSSR count). The van der Waals surface area contributed by atoms with E-state index in [1.807, 2.05) is 28.5 Å². The summed E-state index contributed by atoms with van der Waals surface area (Å²) < 4.78 is 11.3. The zero-order valence-electron chi connectivity index (χ0n) is 11.5. The first-order chi connectivity index (χ1) is 9.79. The second kappa shape index (κ2) is 6.08. The second-order valence-corrected chi connectivity index (χ2v) is 6.11. The number of carbonyl (C=O) groups excluding carboxylic acids is 1. The molecule has 2 heterocycles. The smallest absolute Gasteiger partial charge is 0.247 e. The Morgan fingerprint density at radius 2 is 2.45 bits per heavy atom. The van der Waals surface area contributed by atoms with E-state index >= 15 is 0 Å². The molecule has 3 atom stereocenters. The monoisotopic (exact) mass is 293 g/mol. The van der Waals surface area contributed by atoms with Gasteiger partial charge in [0.25, 0.3) is 0 Å². The van der Waals surface area contributed by atoms with Crippen molar-refractivity contribution < 1.29 is 14.3 Å². The number of carbonyl (C=O) groups is 1. The van der Waals surface area contributed by atoms with Crippen molar-refractivity contribution in [1.29, 1.82) is 0 Å². The minimum atomic E-state index is 0.0107. The highest BCUT2D eigenvalue weighted by atomic mass is 32.1. The molecule has 0 radical (unpaired) electrons. The van der Waals surface area contributed by atoms with Crippen LogP contribution in [0, 0.1) is 0 Å². The van der Waals surface area contributed by atoms with Crippen molar-refractivity contribution in [2.45, 2.75) is 31.1 Å². The Hall–Kier alpha value is -1.17. The van der Waals surface area contributed by atoms with Crippen molar-refractivity contribution in [2.24, 2.45) is 0 Å². The molecule has 0 spiro atoms. The SMILES string of the molecule is CO[C@H]1[C@H]2CC[C@H]1OCCN2C(=O)/C=C/c1cccs1. The molecule has 1 amide bonds. The molecule has 0 unspecified atom stereocenters. The van der Waals surface area contributed by atoms with Gasteiger partial charge < -0.3 is 14.4 Å². The van der Waals surface area contributed by atoms with Gasteiger partial charge in [0, 0.05) is 24.6 Å². The molecule has 1 aromatic heterocycles. The van der Waals surface area contributed by atoms with Gasteiger partial charge in [0.05, 0.1) is 18.8 Å².